The molecular weight excluding hydrogens is 649 g/mol. The Labute approximate surface area is 234 Å². The first-order valence-electron chi connectivity index (χ1n) is 13.0. The zero-order valence-electron chi connectivity index (χ0n) is 22.7. The Balaban J connectivity index is 1.69. The van der Waals surface area contributed by atoms with Crippen LogP contribution in [-0.2, 0) is 17.6 Å². The van der Waals surface area contributed by atoms with Crippen LogP contribution in [0.3, 0.4) is 0 Å². The molecule has 0 N–H and O–H groups in total. The Hall–Kier alpha value is -3.43. The Morgan fingerprint density at radius 1 is 0.579 bits per heavy atom. The second-order valence-corrected chi connectivity index (χ2v) is 13.0. The van der Waals surface area contributed by atoms with Gasteiger partial charge in [-0.15, -0.1) is 0 Å². The predicted molar refractivity (Wildman–Crippen MR) is 156 cm³/mol. The number of rotatable bonds is 3. The van der Waals surface area contributed by atoms with Gasteiger partial charge in [0.1, 0.15) is 0 Å². The maximum atomic E-state index is 3.81. The number of hydrogen-bond donors (Lipinski definition) is 0. The van der Waals surface area contributed by atoms with Crippen molar-refractivity contribution >= 4 is 36.7 Å². The van der Waals surface area contributed by atoms with Crippen LogP contribution in [0.2, 0.25) is 0 Å². The monoisotopic (exact) mass is 682 g/mol. The number of fused-ring (bicyclic) bond motifs is 8. The van der Waals surface area contributed by atoms with E-state index in [1.807, 2.05) is 0 Å². The number of anilines is 5. The summed E-state index contributed by atoms with van der Waals surface area (Å²) in [5.74, 6) is 0.734. The number of para-hydroxylation sites is 1. The van der Waals surface area contributed by atoms with Gasteiger partial charge in [-0.25, -0.2) is 0 Å². The number of nitrogens with zero attached hydrogens (tertiary/aromatic N) is 5. The van der Waals surface area contributed by atoms with Crippen LogP contribution in [-0.4, -0.2) is 32.2 Å². The van der Waals surface area contributed by atoms with Crippen LogP contribution in [0.25, 0.3) is 0 Å². The summed E-state index contributed by atoms with van der Waals surface area (Å²) in [7, 11) is 4.28. The number of hydrogen-bond acceptors (Lipinski definition) is 5. The van der Waals surface area contributed by atoms with Crippen LogP contribution in [0, 0.1) is 12.1 Å². The van der Waals surface area contributed by atoms with Crippen molar-refractivity contribution in [2.24, 2.45) is 0 Å². The van der Waals surface area contributed by atoms with Gasteiger partial charge >= 0.3 is 235 Å². The van der Waals surface area contributed by atoms with E-state index in [0.717, 1.165) is 22.7 Å². The third-order valence-corrected chi connectivity index (χ3v) is 10.7. The molecule has 198 valence electrons. The van der Waals surface area contributed by atoms with E-state index in [-0.39, 0.29) is 0 Å². The Morgan fingerprint density at radius 3 is 1.45 bits per heavy atom. The molecule has 3 aliphatic heterocycles. The first kappa shape index (κ1) is 24.9. The molecule has 0 fully saturated rings. The van der Waals surface area contributed by atoms with Gasteiger partial charge in [0.25, 0.3) is 0 Å². The molecule has 4 bridgehead atoms. The fraction of sp³-hybridized carbons (Fsp3) is 0.250. The molecule has 0 saturated carbocycles. The van der Waals surface area contributed by atoms with Crippen molar-refractivity contribution in [1.82, 2.24) is 9.80 Å². The van der Waals surface area contributed by atoms with E-state index < -0.39 is 17.6 Å². The van der Waals surface area contributed by atoms with Gasteiger partial charge in [0.15, 0.2) is 0 Å². The minimum atomic E-state index is -0.524. The third kappa shape index (κ3) is 4.14. The summed E-state index contributed by atoms with van der Waals surface area (Å²) in [5, 5.41) is 0. The number of benzene rings is 3. The van der Waals surface area contributed by atoms with Crippen molar-refractivity contribution in [2.45, 2.75) is 39.5 Å². The van der Waals surface area contributed by atoms with Crippen molar-refractivity contribution in [2.75, 3.05) is 28.8 Å². The Morgan fingerprint density at radius 2 is 1.00 bits per heavy atom. The summed E-state index contributed by atoms with van der Waals surface area (Å²) in [6.45, 7) is 9.12. The van der Waals surface area contributed by atoms with Crippen LogP contribution in [0.15, 0.2) is 79.4 Å². The molecule has 0 unspecified atom stereocenters. The topological polar surface area (TPSA) is 16.2 Å². The first-order chi connectivity index (χ1) is 18.3. The molecule has 0 aromatic heterocycles. The third-order valence-electron chi connectivity index (χ3n) is 7.02. The fourth-order valence-corrected chi connectivity index (χ4v) is 8.10. The van der Waals surface area contributed by atoms with Crippen molar-refractivity contribution in [3.8, 4) is 0 Å². The van der Waals surface area contributed by atoms with Gasteiger partial charge in [0.2, 0.25) is 0 Å². The molecule has 3 aliphatic rings. The molecule has 3 heterocycles. The maximum absolute atomic E-state index is 3.81. The van der Waals surface area contributed by atoms with Crippen LogP contribution < -0.4 is 14.7 Å². The van der Waals surface area contributed by atoms with Crippen LogP contribution in [0.1, 0.15) is 50.7 Å². The van der Waals surface area contributed by atoms with Gasteiger partial charge in [0.05, 0.1) is 0 Å². The molecule has 0 saturated heterocycles. The van der Waals surface area contributed by atoms with E-state index in [1.165, 1.54) is 25.1 Å². The fourth-order valence-electron chi connectivity index (χ4n) is 5.07. The van der Waals surface area contributed by atoms with Gasteiger partial charge in [0, 0.05) is 0 Å². The van der Waals surface area contributed by atoms with Crippen molar-refractivity contribution in [3.63, 3.8) is 0 Å². The van der Waals surface area contributed by atoms with Gasteiger partial charge in [-0.3, -0.25) is 0 Å². The molecule has 0 atom stereocenters. The van der Waals surface area contributed by atoms with Gasteiger partial charge in [-0.1, -0.05) is 0 Å². The van der Waals surface area contributed by atoms with E-state index in [2.05, 4.69) is 158 Å². The molecule has 3 aromatic carbocycles. The Kier molecular flexibility index (Phi) is 6.35. The molecule has 0 radical (unpaired) electrons. The van der Waals surface area contributed by atoms with Crippen molar-refractivity contribution in [3.05, 3.63) is 103 Å². The minimum absolute atomic E-state index is 0.367. The summed E-state index contributed by atoms with van der Waals surface area (Å²) in [6, 6.07) is 27.4. The van der Waals surface area contributed by atoms with Gasteiger partial charge < -0.3 is 0 Å². The second kappa shape index (κ2) is 9.71. The van der Waals surface area contributed by atoms with Crippen LogP contribution in [0.4, 0.5) is 28.4 Å². The molecule has 6 heteroatoms. The average Bonchev–Trinajstić information content (AvgIpc) is 3.46. The molecule has 0 aliphatic carbocycles. The summed E-state index contributed by atoms with van der Waals surface area (Å²) in [4.78, 5) is 11.5. The van der Waals surface area contributed by atoms with E-state index in [0.29, 0.717) is 11.8 Å². The van der Waals surface area contributed by atoms with E-state index in [1.54, 1.807) is 0 Å². The molecule has 0 spiro atoms. The van der Waals surface area contributed by atoms with E-state index in [4.69, 9.17) is 0 Å². The first-order valence-corrected chi connectivity index (χ1v) is 15.3. The van der Waals surface area contributed by atoms with Gasteiger partial charge in [-0.05, 0) is 0 Å². The quantitative estimate of drug-likeness (QED) is 0.285. The summed E-state index contributed by atoms with van der Waals surface area (Å²) < 4.78 is 2.59. The van der Waals surface area contributed by atoms with Crippen LogP contribution >= 0.6 is 0 Å². The van der Waals surface area contributed by atoms with E-state index in [9.17, 15) is 0 Å². The predicted octanol–water partition coefficient (Wildman–Crippen LogP) is 6.72. The molecule has 0 amide bonds. The second-order valence-electron chi connectivity index (χ2n) is 10.4. The SMILES string of the molecule is CC(C)c1cccc(C(C)C)c1N1c2[c-]c(ccc2)N2C=CN(C)[C]2=[Pt]=[C]2N(C)C=CN2c2[c-]c1ccc2. The van der Waals surface area contributed by atoms with Crippen molar-refractivity contribution < 1.29 is 17.6 Å². The van der Waals surface area contributed by atoms with Crippen LogP contribution in [0.5, 0.6) is 0 Å². The molecule has 3 aromatic rings. The van der Waals surface area contributed by atoms with E-state index >= 15 is 0 Å². The summed E-state index contributed by atoms with van der Waals surface area (Å²) >= 11 is -0.524. The standard InChI is InChI=1S/C32H33N5.Pt/c1-24(2)30-14-9-15-31(25(3)4)32(30)37(28-12-7-10-26(20-28)35-18-16-33(5)22-35)29-13-8-11-27(21-29)36-19-17-34(6)23-36;/h7-19,24-25H,1-6H3;/q-2;. The normalized spacial score (nSPS) is 16.7. The zero-order chi connectivity index (χ0) is 26.6. The Bertz CT molecular complexity index is 1420. The van der Waals surface area contributed by atoms with Gasteiger partial charge in [-0.2, -0.15) is 0 Å². The molecule has 38 heavy (non-hydrogen) atoms. The molecule has 5 nitrogen and oxygen atoms in total. The zero-order valence-corrected chi connectivity index (χ0v) is 25.0. The molecular formula is C32H33N5Pt-2. The molecule has 6 rings (SSSR count). The summed E-state index contributed by atoms with van der Waals surface area (Å²) in [6.07, 6.45) is 8.64. The summed E-state index contributed by atoms with van der Waals surface area (Å²) in [5.41, 5.74) is 8.03. The van der Waals surface area contributed by atoms with Crippen molar-refractivity contribution in [1.29, 1.82) is 0 Å². The average molecular weight is 683 g/mol.